The average molecular weight is 460 g/mol. The van der Waals surface area contributed by atoms with E-state index in [1.165, 1.54) is 17.7 Å². The number of fused-ring (bicyclic) bond motifs is 3. The molecule has 0 saturated carbocycles. The van der Waals surface area contributed by atoms with Gasteiger partial charge in [0.15, 0.2) is 0 Å². The zero-order valence-electron chi connectivity index (χ0n) is 19.1. The Morgan fingerprint density at radius 1 is 1.03 bits per heavy atom. The number of rotatable bonds is 5. The fourth-order valence-electron chi connectivity index (χ4n) is 4.63. The molecule has 2 amide bonds. The Morgan fingerprint density at radius 2 is 1.74 bits per heavy atom. The first-order valence-corrected chi connectivity index (χ1v) is 11.2. The molecular formula is C27H26FN3O3. The highest BCUT2D eigenvalue weighted by Gasteiger charge is 2.34. The Morgan fingerprint density at radius 3 is 2.44 bits per heavy atom. The summed E-state index contributed by atoms with van der Waals surface area (Å²) in [5.74, 6) is 1.26. The highest BCUT2D eigenvalue weighted by atomic mass is 19.1. The lowest BCUT2D eigenvalue weighted by Crippen LogP contribution is -2.45. The van der Waals surface area contributed by atoms with E-state index < -0.39 is 0 Å². The minimum absolute atomic E-state index is 0.174. The number of hydrogen-bond donors (Lipinski definition) is 2. The van der Waals surface area contributed by atoms with Crippen LogP contribution in [0.4, 0.5) is 9.18 Å². The largest absolute Gasteiger partial charge is 0.497 e. The number of halogens is 1. The first kappa shape index (κ1) is 21.8. The molecule has 0 spiro atoms. The topological polar surface area (TPSA) is 66.6 Å². The lowest BCUT2D eigenvalue weighted by molar-refractivity contribution is 0.179. The SMILES string of the molecule is COc1ccc([C@H]2c3[nH]c4ccc(OC)cc4c3CCN2C(=O)NCc2ccc(F)cc2)cc1. The molecule has 0 unspecified atom stereocenters. The van der Waals surface area contributed by atoms with Crippen molar-refractivity contribution in [3.05, 3.63) is 94.9 Å². The number of nitrogens with zero attached hydrogens (tertiary/aromatic N) is 1. The third-order valence-electron chi connectivity index (χ3n) is 6.38. The molecule has 2 heterocycles. The normalized spacial score (nSPS) is 15.1. The molecule has 3 aromatic carbocycles. The van der Waals surface area contributed by atoms with Crippen molar-refractivity contribution in [1.82, 2.24) is 15.2 Å². The van der Waals surface area contributed by atoms with Gasteiger partial charge in [-0.2, -0.15) is 0 Å². The number of ether oxygens (including phenoxy) is 2. The number of benzene rings is 3. The summed E-state index contributed by atoms with van der Waals surface area (Å²) in [5.41, 5.74) is 5.02. The number of aromatic nitrogens is 1. The summed E-state index contributed by atoms with van der Waals surface area (Å²) in [6.45, 7) is 0.880. The number of methoxy groups -OCH3 is 2. The van der Waals surface area contributed by atoms with E-state index in [0.29, 0.717) is 13.1 Å². The van der Waals surface area contributed by atoms with E-state index in [4.69, 9.17) is 9.47 Å². The number of carbonyl (C=O) groups is 1. The summed E-state index contributed by atoms with van der Waals surface area (Å²) in [7, 11) is 3.29. The van der Waals surface area contributed by atoms with Crippen LogP contribution in [0.2, 0.25) is 0 Å². The number of urea groups is 1. The van der Waals surface area contributed by atoms with Crippen LogP contribution in [0.5, 0.6) is 11.5 Å². The Kier molecular flexibility index (Phi) is 5.84. The van der Waals surface area contributed by atoms with Crippen molar-refractivity contribution in [1.29, 1.82) is 0 Å². The van der Waals surface area contributed by atoms with Gasteiger partial charge in [0.1, 0.15) is 17.3 Å². The van der Waals surface area contributed by atoms with Gasteiger partial charge in [-0.25, -0.2) is 9.18 Å². The van der Waals surface area contributed by atoms with E-state index in [2.05, 4.69) is 10.3 Å². The molecule has 174 valence electrons. The molecule has 1 aromatic heterocycles. The molecule has 34 heavy (non-hydrogen) atoms. The van der Waals surface area contributed by atoms with Crippen LogP contribution in [-0.4, -0.2) is 36.7 Å². The lowest BCUT2D eigenvalue weighted by atomic mass is 9.92. The number of hydrogen-bond acceptors (Lipinski definition) is 3. The Balaban J connectivity index is 1.50. The molecule has 1 atom stereocenters. The van der Waals surface area contributed by atoms with E-state index >= 15 is 0 Å². The summed E-state index contributed by atoms with van der Waals surface area (Å²) in [6, 6.07) is 19.5. The number of amides is 2. The second-order valence-corrected chi connectivity index (χ2v) is 8.33. The van der Waals surface area contributed by atoms with Gasteiger partial charge >= 0.3 is 6.03 Å². The summed E-state index contributed by atoms with van der Waals surface area (Å²) in [4.78, 5) is 18.8. The summed E-state index contributed by atoms with van der Waals surface area (Å²) in [6.07, 6.45) is 0.721. The first-order chi connectivity index (χ1) is 16.6. The third kappa shape index (κ3) is 4.05. The van der Waals surface area contributed by atoms with Crippen molar-refractivity contribution in [2.45, 2.75) is 19.0 Å². The van der Waals surface area contributed by atoms with E-state index in [0.717, 1.165) is 45.6 Å². The molecule has 5 rings (SSSR count). The minimum Gasteiger partial charge on any atom is -0.497 e. The molecule has 1 aliphatic rings. The van der Waals surface area contributed by atoms with Gasteiger partial charge in [0.25, 0.3) is 0 Å². The summed E-state index contributed by atoms with van der Waals surface area (Å²) >= 11 is 0. The van der Waals surface area contributed by atoms with Crippen LogP contribution < -0.4 is 14.8 Å². The van der Waals surface area contributed by atoms with Crippen molar-refractivity contribution >= 4 is 16.9 Å². The molecule has 0 saturated heterocycles. The van der Waals surface area contributed by atoms with Crippen LogP contribution in [0, 0.1) is 5.82 Å². The first-order valence-electron chi connectivity index (χ1n) is 11.2. The fourth-order valence-corrected chi connectivity index (χ4v) is 4.63. The van der Waals surface area contributed by atoms with Crippen molar-refractivity contribution in [2.24, 2.45) is 0 Å². The second kappa shape index (κ2) is 9.09. The van der Waals surface area contributed by atoms with Gasteiger partial charge in [-0.3, -0.25) is 0 Å². The van der Waals surface area contributed by atoms with Crippen LogP contribution in [0.15, 0.2) is 66.7 Å². The second-order valence-electron chi connectivity index (χ2n) is 8.33. The molecule has 0 aliphatic carbocycles. The zero-order valence-corrected chi connectivity index (χ0v) is 19.1. The highest BCUT2D eigenvalue weighted by Crippen LogP contribution is 2.39. The molecular weight excluding hydrogens is 433 g/mol. The van der Waals surface area contributed by atoms with Gasteiger partial charge in [0.2, 0.25) is 0 Å². The van der Waals surface area contributed by atoms with Gasteiger partial charge in [-0.05, 0) is 65.6 Å². The summed E-state index contributed by atoms with van der Waals surface area (Å²) in [5, 5.41) is 4.11. The maximum Gasteiger partial charge on any atom is 0.318 e. The standard InChI is InChI=1S/C27H26FN3O3/c1-33-20-9-5-18(6-10-20)26-25-22(23-15-21(34-2)11-12-24(23)30-25)13-14-31(26)27(32)29-16-17-3-7-19(28)8-4-17/h3-12,15,26,30H,13-14,16H2,1-2H3,(H,29,32)/t26-/m0/s1. The van der Waals surface area contributed by atoms with Gasteiger partial charge in [-0.1, -0.05) is 24.3 Å². The number of H-pyrrole nitrogens is 1. The quantitative estimate of drug-likeness (QED) is 0.432. The molecule has 0 fully saturated rings. The Bertz CT molecular complexity index is 1320. The molecule has 4 aromatic rings. The van der Waals surface area contributed by atoms with E-state index in [1.807, 2.05) is 47.4 Å². The maximum atomic E-state index is 13.4. The molecule has 7 heteroatoms. The van der Waals surface area contributed by atoms with E-state index in [1.54, 1.807) is 26.4 Å². The smallest absolute Gasteiger partial charge is 0.318 e. The van der Waals surface area contributed by atoms with Crippen LogP contribution in [0.3, 0.4) is 0 Å². The molecule has 0 bridgehead atoms. The number of carbonyl (C=O) groups excluding carboxylic acids is 1. The number of nitrogens with one attached hydrogen (secondary N) is 2. The fraction of sp³-hybridized carbons (Fsp3) is 0.222. The molecule has 2 N–H and O–H groups in total. The number of aromatic amines is 1. The monoisotopic (exact) mass is 459 g/mol. The lowest BCUT2D eigenvalue weighted by Gasteiger charge is -2.36. The highest BCUT2D eigenvalue weighted by molar-refractivity contribution is 5.87. The van der Waals surface area contributed by atoms with E-state index in [-0.39, 0.29) is 17.9 Å². The maximum absolute atomic E-state index is 13.4. The molecule has 6 nitrogen and oxygen atoms in total. The van der Waals surface area contributed by atoms with Crippen molar-refractivity contribution in [3.63, 3.8) is 0 Å². The predicted octanol–water partition coefficient (Wildman–Crippen LogP) is 5.18. The molecule has 0 radical (unpaired) electrons. The van der Waals surface area contributed by atoms with Crippen LogP contribution in [0.25, 0.3) is 10.9 Å². The summed E-state index contributed by atoms with van der Waals surface area (Å²) < 4.78 is 24.0. The van der Waals surface area contributed by atoms with Crippen molar-refractivity contribution < 1.29 is 18.7 Å². The van der Waals surface area contributed by atoms with Crippen molar-refractivity contribution in [3.8, 4) is 11.5 Å². The van der Waals surface area contributed by atoms with Gasteiger partial charge in [0.05, 0.1) is 20.3 Å². The van der Waals surface area contributed by atoms with Crippen LogP contribution in [0.1, 0.15) is 28.4 Å². The van der Waals surface area contributed by atoms with Crippen LogP contribution >= 0.6 is 0 Å². The zero-order chi connectivity index (χ0) is 23.7. The van der Waals surface area contributed by atoms with E-state index in [9.17, 15) is 9.18 Å². The Labute approximate surface area is 197 Å². The van der Waals surface area contributed by atoms with Gasteiger partial charge < -0.3 is 24.7 Å². The van der Waals surface area contributed by atoms with Gasteiger partial charge in [-0.15, -0.1) is 0 Å². The van der Waals surface area contributed by atoms with Crippen LogP contribution in [-0.2, 0) is 13.0 Å². The predicted molar refractivity (Wildman–Crippen MR) is 129 cm³/mol. The van der Waals surface area contributed by atoms with Gasteiger partial charge in [0, 0.05) is 29.7 Å². The molecule has 1 aliphatic heterocycles. The average Bonchev–Trinajstić information content (AvgIpc) is 3.25. The van der Waals surface area contributed by atoms with Crippen molar-refractivity contribution in [2.75, 3.05) is 20.8 Å². The Hall–Kier alpha value is -4.00. The third-order valence-corrected chi connectivity index (χ3v) is 6.38. The minimum atomic E-state index is -0.298.